The summed E-state index contributed by atoms with van der Waals surface area (Å²) in [7, 11) is 1.56. The molecule has 0 aliphatic heterocycles. The number of aromatic nitrogens is 1. The van der Waals surface area contributed by atoms with E-state index in [1.54, 1.807) is 50.4 Å². The number of rotatable bonds is 8. The van der Waals surface area contributed by atoms with Crippen molar-refractivity contribution >= 4 is 29.4 Å². The van der Waals surface area contributed by atoms with Gasteiger partial charge in [0.25, 0.3) is 0 Å². The summed E-state index contributed by atoms with van der Waals surface area (Å²) in [6, 6.07) is 9.69. The number of methoxy groups -OCH3 is 1. The van der Waals surface area contributed by atoms with Crippen molar-refractivity contribution in [1.29, 1.82) is 0 Å². The van der Waals surface area contributed by atoms with Gasteiger partial charge in [0.15, 0.2) is 0 Å². The number of benzene rings is 1. The molecule has 1 atom stereocenters. The average molecular weight is 374 g/mol. The number of nitrogen functional groups attached to an aromatic ring is 1. The number of carboxylic acids is 1. The van der Waals surface area contributed by atoms with Crippen LogP contribution in [0.4, 0.5) is 22.1 Å². The molecule has 1 amide bonds. The molecule has 2 aromatic rings. The van der Waals surface area contributed by atoms with Crippen molar-refractivity contribution in [3.8, 4) is 5.75 Å². The number of aliphatic carboxylic acids is 1. The third kappa shape index (κ3) is 5.77. The van der Waals surface area contributed by atoms with Crippen LogP contribution in [0.1, 0.15) is 24.9 Å². The molecule has 1 heterocycles. The van der Waals surface area contributed by atoms with Crippen molar-refractivity contribution in [3.05, 3.63) is 42.0 Å². The zero-order chi connectivity index (χ0) is 19.8. The Bertz CT molecular complexity index is 795. The fourth-order valence-electron chi connectivity index (χ4n) is 2.38. The van der Waals surface area contributed by atoms with Gasteiger partial charge in [-0.05, 0) is 36.8 Å². The van der Waals surface area contributed by atoms with Gasteiger partial charge in [0.1, 0.15) is 17.4 Å². The summed E-state index contributed by atoms with van der Waals surface area (Å²) in [4.78, 5) is 26.9. The van der Waals surface area contributed by atoms with E-state index in [9.17, 15) is 14.7 Å². The minimum absolute atomic E-state index is 0.0804. The highest BCUT2D eigenvalue weighted by atomic mass is 16.5. The smallest absolute Gasteiger partial charge is 0.411 e. The van der Waals surface area contributed by atoms with E-state index < -0.39 is 18.1 Å². The highest BCUT2D eigenvalue weighted by Gasteiger charge is 2.17. The van der Waals surface area contributed by atoms with E-state index in [4.69, 9.17) is 15.2 Å². The molecule has 1 aromatic heterocycles. The lowest BCUT2D eigenvalue weighted by Gasteiger charge is -2.19. The van der Waals surface area contributed by atoms with Crippen LogP contribution in [0.3, 0.4) is 0 Å². The fourth-order valence-corrected chi connectivity index (χ4v) is 2.38. The predicted molar refractivity (Wildman–Crippen MR) is 101 cm³/mol. The van der Waals surface area contributed by atoms with Crippen molar-refractivity contribution in [3.63, 3.8) is 0 Å². The Labute approximate surface area is 156 Å². The van der Waals surface area contributed by atoms with Gasteiger partial charge in [-0.25, -0.2) is 9.78 Å². The second-order valence-corrected chi connectivity index (χ2v) is 5.54. The Hall–Kier alpha value is -3.49. The van der Waals surface area contributed by atoms with Crippen LogP contribution in [0.15, 0.2) is 36.4 Å². The van der Waals surface area contributed by atoms with Gasteiger partial charge in [-0.3, -0.25) is 10.1 Å². The first kappa shape index (κ1) is 19.8. The molecule has 0 bridgehead atoms. The maximum absolute atomic E-state index is 11.5. The number of ether oxygens (including phenoxy) is 2. The molecule has 0 saturated heterocycles. The molecule has 0 spiro atoms. The van der Waals surface area contributed by atoms with Gasteiger partial charge in [0.05, 0.1) is 31.9 Å². The third-order valence-corrected chi connectivity index (χ3v) is 3.66. The Balaban J connectivity index is 2.17. The van der Waals surface area contributed by atoms with Gasteiger partial charge >= 0.3 is 12.1 Å². The lowest BCUT2D eigenvalue weighted by atomic mass is 10.0. The Morgan fingerprint density at radius 3 is 2.48 bits per heavy atom. The fraction of sp³-hybridized carbons (Fsp3) is 0.278. The van der Waals surface area contributed by atoms with E-state index in [1.807, 2.05) is 0 Å². The zero-order valence-electron chi connectivity index (χ0n) is 15.1. The van der Waals surface area contributed by atoms with Crippen LogP contribution >= 0.6 is 0 Å². The SMILES string of the molecule is CCOC(=O)Nc1ccc(NC(CC(=O)O)c2ccc(OC)cc2)nc1N. The zero-order valence-corrected chi connectivity index (χ0v) is 15.1. The number of hydrogen-bond donors (Lipinski definition) is 4. The molecule has 144 valence electrons. The first-order chi connectivity index (χ1) is 12.9. The number of nitrogens with zero attached hydrogens (tertiary/aromatic N) is 1. The molecule has 9 heteroatoms. The second-order valence-electron chi connectivity index (χ2n) is 5.54. The van der Waals surface area contributed by atoms with Gasteiger partial charge in [-0.1, -0.05) is 12.1 Å². The minimum Gasteiger partial charge on any atom is -0.497 e. The average Bonchev–Trinajstić information content (AvgIpc) is 2.63. The quantitative estimate of drug-likeness (QED) is 0.554. The lowest BCUT2D eigenvalue weighted by molar-refractivity contribution is -0.137. The molecule has 0 fully saturated rings. The van der Waals surface area contributed by atoms with Crippen LogP contribution in [-0.2, 0) is 9.53 Å². The summed E-state index contributed by atoms with van der Waals surface area (Å²) >= 11 is 0. The van der Waals surface area contributed by atoms with Crippen LogP contribution in [0.2, 0.25) is 0 Å². The van der Waals surface area contributed by atoms with E-state index in [-0.39, 0.29) is 18.8 Å². The van der Waals surface area contributed by atoms with Gasteiger partial charge in [-0.15, -0.1) is 0 Å². The second kappa shape index (κ2) is 9.27. The molecular formula is C18H22N4O5. The number of nitrogens with one attached hydrogen (secondary N) is 2. The summed E-state index contributed by atoms with van der Waals surface area (Å²) in [6.45, 7) is 1.92. The standard InChI is InChI=1S/C18H22N4O5/c1-3-27-18(25)21-13-8-9-15(22-17(13)19)20-14(10-16(23)24)11-4-6-12(26-2)7-5-11/h4-9,14H,3,10H2,1-2H3,(H,21,25)(H,23,24)(H3,19,20,22). The summed E-state index contributed by atoms with van der Waals surface area (Å²) in [5, 5.41) is 14.7. The topological polar surface area (TPSA) is 136 Å². The normalized spacial score (nSPS) is 11.3. The largest absolute Gasteiger partial charge is 0.497 e. The Kier molecular flexibility index (Phi) is 6.81. The number of hydrogen-bond acceptors (Lipinski definition) is 7. The van der Waals surface area contributed by atoms with Gasteiger partial charge in [-0.2, -0.15) is 0 Å². The Morgan fingerprint density at radius 2 is 1.93 bits per heavy atom. The molecule has 2 rings (SSSR count). The molecule has 5 N–H and O–H groups in total. The number of nitrogens with two attached hydrogens (primary N) is 1. The van der Waals surface area contributed by atoms with Crippen molar-refractivity contribution < 1.29 is 24.2 Å². The third-order valence-electron chi connectivity index (χ3n) is 3.66. The van der Waals surface area contributed by atoms with E-state index in [0.717, 1.165) is 5.56 Å². The molecular weight excluding hydrogens is 352 g/mol. The highest BCUT2D eigenvalue weighted by molar-refractivity contribution is 5.88. The maximum atomic E-state index is 11.5. The predicted octanol–water partition coefficient (Wildman–Crippen LogP) is 2.87. The number of carboxylic acid groups (broad SMARTS) is 1. The summed E-state index contributed by atoms with van der Waals surface area (Å²) in [5.74, 6) is 0.169. The number of carbonyl (C=O) groups is 2. The van der Waals surface area contributed by atoms with Crippen LogP contribution < -0.4 is 21.1 Å². The van der Waals surface area contributed by atoms with E-state index >= 15 is 0 Å². The van der Waals surface area contributed by atoms with E-state index in [0.29, 0.717) is 17.3 Å². The molecule has 1 unspecified atom stereocenters. The molecule has 0 aliphatic rings. The highest BCUT2D eigenvalue weighted by Crippen LogP contribution is 2.26. The molecule has 0 saturated carbocycles. The van der Waals surface area contributed by atoms with Crippen molar-refractivity contribution in [2.45, 2.75) is 19.4 Å². The maximum Gasteiger partial charge on any atom is 0.411 e. The number of carbonyl (C=O) groups excluding carboxylic acids is 1. The van der Waals surface area contributed by atoms with Crippen LogP contribution in [0, 0.1) is 0 Å². The van der Waals surface area contributed by atoms with Crippen molar-refractivity contribution in [2.75, 3.05) is 30.1 Å². The van der Waals surface area contributed by atoms with Crippen molar-refractivity contribution in [1.82, 2.24) is 4.98 Å². The van der Waals surface area contributed by atoms with Crippen molar-refractivity contribution in [2.24, 2.45) is 0 Å². The van der Waals surface area contributed by atoms with Crippen LogP contribution in [0.25, 0.3) is 0 Å². The molecule has 27 heavy (non-hydrogen) atoms. The first-order valence-electron chi connectivity index (χ1n) is 8.25. The van der Waals surface area contributed by atoms with Crippen LogP contribution in [-0.4, -0.2) is 35.9 Å². The van der Waals surface area contributed by atoms with Gasteiger partial charge < -0.3 is 25.6 Å². The molecule has 0 aliphatic carbocycles. The number of amides is 1. The van der Waals surface area contributed by atoms with E-state index in [2.05, 4.69) is 15.6 Å². The monoisotopic (exact) mass is 374 g/mol. The first-order valence-corrected chi connectivity index (χ1v) is 8.25. The number of pyridine rings is 1. The van der Waals surface area contributed by atoms with E-state index in [1.165, 1.54) is 0 Å². The Morgan fingerprint density at radius 1 is 1.22 bits per heavy atom. The van der Waals surface area contributed by atoms with Gasteiger partial charge in [0, 0.05) is 0 Å². The summed E-state index contributed by atoms with van der Waals surface area (Å²) in [6.07, 6.45) is -0.787. The lowest BCUT2D eigenvalue weighted by Crippen LogP contribution is -2.17. The van der Waals surface area contributed by atoms with Crippen LogP contribution in [0.5, 0.6) is 5.75 Å². The van der Waals surface area contributed by atoms with Gasteiger partial charge in [0.2, 0.25) is 0 Å². The molecule has 9 nitrogen and oxygen atoms in total. The minimum atomic E-state index is -0.961. The summed E-state index contributed by atoms with van der Waals surface area (Å²) in [5.41, 5.74) is 6.93. The molecule has 1 aromatic carbocycles. The molecule has 0 radical (unpaired) electrons. The number of anilines is 3. The summed E-state index contributed by atoms with van der Waals surface area (Å²) < 4.78 is 9.91.